The highest BCUT2D eigenvalue weighted by Crippen LogP contribution is 2.57. The van der Waals surface area contributed by atoms with E-state index in [0.717, 1.165) is 0 Å². The molecule has 0 radical (unpaired) electrons. The second kappa shape index (κ2) is 9.46. The van der Waals surface area contributed by atoms with Crippen molar-refractivity contribution in [3.63, 3.8) is 0 Å². The standard InChI is InChI=1S/C48H36BN3/c1-47(2)32-17-7-11-25-40(32)51-42-27-29(50-38-23-9-5-15-30(38)31-16-6-10-24-39(31)50)28-43-44(42)49(36-21-13-19-34(47)45(36)51)37-22-14-20-35-46(37)52(43)41-26-12-8-18-33(41)48(35,3)4/h5-28H,1-4H3. The fourth-order valence-electron chi connectivity index (χ4n) is 10.6. The summed E-state index contributed by atoms with van der Waals surface area (Å²) in [5.41, 5.74) is 20.7. The van der Waals surface area contributed by atoms with Crippen molar-refractivity contribution in [2.24, 2.45) is 0 Å². The van der Waals surface area contributed by atoms with Gasteiger partial charge >= 0.3 is 0 Å². The number of rotatable bonds is 1. The highest BCUT2D eigenvalue weighted by Gasteiger charge is 2.51. The molecule has 1 aromatic heterocycles. The summed E-state index contributed by atoms with van der Waals surface area (Å²) in [6, 6.07) is 55.1. The van der Waals surface area contributed by atoms with Crippen molar-refractivity contribution in [3.05, 3.63) is 168 Å². The number of aromatic nitrogens is 1. The molecule has 0 bridgehead atoms. The van der Waals surface area contributed by atoms with Crippen LogP contribution in [0.25, 0.3) is 27.5 Å². The van der Waals surface area contributed by atoms with E-state index in [2.05, 4.69) is 188 Å². The normalized spacial score (nSPS) is 16.3. The van der Waals surface area contributed by atoms with Crippen LogP contribution >= 0.6 is 0 Å². The van der Waals surface area contributed by atoms with E-state index in [0.29, 0.717) is 0 Å². The molecule has 0 aliphatic carbocycles. The minimum absolute atomic E-state index is 0.0942. The minimum atomic E-state index is -0.152. The van der Waals surface area contributed by atoms with Crippen LogP contribution in [0.1, 0.15) is 49.9 Å². The van der Waals surface area contributed by atoms with Crippen molar-refractivity contribution in [1.82, 2.24) is 4.57 Å². The summed E-state index contributed by atoms with van der Waals surface area (Å²) in [4.78, 5) is 5.24. The first kappa shape index (κ1) is 28.7. The van der Waals surface area contributed by atoms with Gasteiger partial charge < -0.3 is 14.4 Å². The summed E-state index contributed by atoms with van der Waals surface area (Å²) in [5.74, 6) is 0. The zero-order chi connectivity index (χ0) is 34.7. The summed E-state index contributed by atoms with van der Waals surface area (Å²) in [6.45, 7) is 9.71. The zero-order valence-electron chi connectivity index (χ0n) is 29.8. The molecule has 0 N–H and O–H groups in total. The predicted molar refractivity (Wildman–Crippen MR) is 219 cm³/mol. The number of hydrogen-bond donors (Lipinski definition) is 0. The van der Waals surface area contributed by atoms with Gasteiger partial charge in [-0.3, -0.25) is 0 Å². The highest BCUT2D eigenvalue weighted by molar-refractivity contribution is 7.00. The molecule has 0 amide bonds. The van der Waals surface area contributed by atoms with E-state index < -0.39 is 0 Å². The maximum Gasteiger partial charge on any atom is 0.252 e. The molecular formula is C48H36BN3. The van der Waals surface area contributed by atoms with Crippen molar-refractivity contribution >= 4 is 79.0 Å². The van der Waals surface area contributed by atoms with Gasteiger partial charge in [0.2, 0.25) is 0 Å². The van der Waals surface area contributed by atoms with Crippen LogP contribution in [-0.2, 0) is 10.8 Å². The molecule has 0 saturated heterocycles. The SMILES string of the molecule is CC1(C)c2ccccc2N2c3cc(-n4c5ccccc5c5ccccc54)cc4c3B(c3cccc1c32)c1cccc2c1N4c1ccccc1C2(C)C. The Hall–Kier alpha value is -6.00. The molecule has 0 atom stereocenters. The van der Waals surface area contributed by atoms with Crippen LogP contribution in [-0.4, -0.2) is 11.3 Å². The molecule has 4 aliphatic heterocycles. The van der Waals surface area contributed by atoms with Gasteiger partial charge in [0.25, 0.3) is 6.71 Å². The van der Waals surface area contributed by atoms with Gasteiger partial charge in [-0.25, -0.2) is 0 Å². The summed E-state index contributed by atoms with van der Waals surface area (Å²) in [7, 11) is 0. The van der Waals surface area contributed by atoms with Crippen molar-refractivity contribution < 1.29 is 0 Å². The molecule has 0 fully saturated rings. The molecule has 0 spiro atoms. The Morgan fingerprint density at radius 1 is 0.423 bits per heavy atom. The Labute approximate surface area is 304 Å². The Kier molecular flexibility index (Phi) is 5.21. The fourth-order valence-corrected chi connectivity index (χ4v) is 10.6. The molecule has 8 aromatic rings. The Balaban J connectivity index is 1.28. The van der Waals surface area contributed by atoms with E-state index in [-0.39, 0.29) is 17.5 Å². The van der Waals surface area contributed by atoms with Crippen molar-refractivity contribution in [2.75, 3.05) is 9.80 Å². The highest BCUT2D eigenvalue weighted by atomic mass is 15.2. The van der Waals surface area contributed by atoms with Crippen LogP contribution in [0.2, 0.25) is 0 Å². The van der Waals surface area contributed by atoms with Gasteiger partial charge in [0, 0.05) is 44.4 Å². The molecule has 246 valence electrons. The largest absolute Gasteiger partial charge is 0.311 e. The van der Waals surface area contributed by atoms with E-state index in [4.69, 9.17) is 0 Å². The number of nitrogens with zero attached hydrogens (tertiary/aromatic N) is 3. The van der Waals surface area contributed by atoms with Gasteiger partial charge in [0.15, 0.2) is 0 Å². The number of fused-ring (bicyclic) bond motifs is 11. The molecule has 3 nitrogen and oxygen atoms in total. The second-order valence-electron chi connectivity index (χ2n) is 16.1. The lowest BCUT2D eigenvalue weighted by molar-refractivity contribution is 0.632. The lowest BCUT2D eigenvalue weighted by Crippen LogP contribution is -2.63. The van der Waals surface area contributed by atoms with Crippen LogP contribution in [0.3, 0.4) is 0 Å². The van der Waals surface area contributed by atoms with Gasteiger partial charge in [-0.1, -0.05) is 137 Å². The van der Waals surface area contributed by atoms with Gasteiger partial charge in [0.05, 0.1) is 28.1 Å². The number of benzene rings is 7. The van der Waals surface area contributed by atoms with E-state index in [1.54, 1.807) is 0 Å². The van der Waals surface area contributed by atoms with Crippen LogP contribution in [0.15, 0.2) is 146 Å². The first-order chi connectivity index (χ1) is 25.4. The van der Waals surface area contributed by atoms with Crippen LogP contribution in [0.5, 0.6) is 0 Å². The monoisotopic (exact) mass is 665 g/mol. The minimum Gasteiger partial charge on any atom is -0.311 e. The maximum absolute atomic E-state index is 2.62. The summed E-state index contributed by atoms with van der Waals surface area (Å²) in [5, 5.41) is 2.55. The molecule has 52 heavy (non-hydrogen) atoms. The van der Waals surface area contributed by atoms with E-state index in [1.165, 1.54) is 100 Å². The molecule has 5 heterocycles. The smallest absolute Gasteiger partial charge is 0.252 e. The first-order valence-corrected chi connectivity index (χ1v) is 18.6. The van der Waals surface area contributed by atoms with Gasteiger partial charge in [-0.2, -0.15) is 0 Å². The third-order valence-electron chi connectivity index (χ3n) is 12.9. The quantitative estimate of drug-likeness (QED) is 0.162. The van der Waals surface area contributed by atoms with Crippen molar-refractivity contribution in [2.45, 2.75) is 38.5 Å². The van der Waals surface area contributed by atoms with Gasteiger partial charge in [-0.15, -0.1) is 0 Å². The lowest BCUT2D eigenvalue weighted by Gasteiger charge is -2.52. The van der Waals surface area contributed by atoms with E-state index in [9.17, 15) is 0 Å². The summed E-state index contributed by atoms with van der Waals surface area (Å²) < 4.78 is 2.50. The maximum atomic E-state index is 2.62. The zero-order valence-corrected chi connectivity index (χ0v) is 29.8. The van der Waals surface area contributed by atoms with Crippen LogP contribution in [0, 0.1) is 0 Å². The Bertz CT molecular complexity index is 2700. The molecule has 7 aromatic carbocycles. The number of anilines is 6. The predicted octanol–water partition coefficient (Wildman–Crippen LogP) is 10.1. The van der Waals surface area contributed by atoms with Crippen LogP contribution < -0.4 is 26.2 Å². The lowest BCUT2D eigenvalue weighted by atomic mass is 9.32. The molecular weight excluding hydrogens is 629 g/mol. The topological polar surface area (TPSA) is 11.4 Å². The van der Waals surface area contributed by atoms with E-state index >= 15 is 0 Å². The second-order valence-corrected chi connectivity index (χ2v) is 16.1. The number of hydrogen-bond acceptors (Lipinski definition) is 2. The van der Waals surface area contributed by atoms with Crippen molar-refractivity contribution in [1.29, 1.82) is 0 Å². The van der Waals surface area contributed by atoms with E-state index in [1.807, 2.05) is 0 Å². The van der Waals surface area contributed by atoms with Crippen LogP contribution in [0.4, 0.5) is 34.1 Å². The molecule has 4 heteroatoms. The average molecular weight is 666 g/mol. The first-order valence-electron chi connectivity index (χ1n) is 18.6. The third kappa shape index (κ3) is 3.26. The van der Waals surface area contributed by atoms with Gasteiger partial charge in [0.1, 0.15) is 0 Å². The Morgan fingerprint density at radius 3 is 1.35 bits per heavy atom. The third-order valence-corrected chi connectivity index (χ3v) is 12.9. The number of para-hydroxylation sites is 6. The Morgan fingerprint density at radius 2 is 0.846 bits per heavy atom. The summed E-state index contributed by atoms with van der Waals surface area (Å²) in [6.07, 6.45) is 0. The molecule has 12 rings (SSSR count). The van der Waals surface area contributed by atoms with Gasteiger partial charge in [-0.05, 0) is 75.0 Å². The fraction of sp³-hybridized carbons (Fsp3) is 0.125. The molecule has 4 aliphatic rings. The van der Waals surface area contributed by atoms with Crippen molar-refractivity contribution in [3.8, 4) is 5.69 Å². The summed E-state index contributed by atoms with van der Waals surface area (Å²) >= 11 is 0. The average Bonchev–Trinajstić information content (AvgIpc) is 3.51. The molecule has 0 saturated carbocycles. The molecule has 0 unspecified atom stereocenters.